The maximum atomic E-state index is 12.8. The molecule has 21 heavy (non-hydrogen) atoms. The van der Waals surface area contributed by atoms with Crippen LogP contribution in [0.2, 0.25) is 0 Å². The molecule has 5 heteroatoms. The summed E-state index contributed by atoms with van der Waals surface area (Å²) in [6.07, 6.45) is 1.79. The summed E-state index contributed by atoms with van der Waals surface area (Å²) in [7, 11) is 0. The molecule has 0 unspecified atom stereocenters. The third-order valence-corrected chi connectivity index (χ3v) is 3.57. The van der Waals surface area contributed by atoms with Gasteiger partial charge in [-0.1, -0.05) is 15.9 Å². The Kier molecular flexibility index (Phi) is 3.75. The second-order valence-electron chi connectivity index (χ2n) is 4.60. The zero-order valence-electron chi connectivity index (χ0n) is 10.9. The molecule has 0 atom stereocenters. The average molecular weight is 348 g/mol. The van der Waals surface area contributed by atoms with Gasteiger partial charge in [-0.05, 0) is 48.5 Å². The molecule has 1 aliphatic rings. The number of halogens is 2. The molecule has 1 amide bonds. The lowest BCUT2D eigenvalue weighted by Gasteiger charge is -2.17. The summed E-state index contributed by atoms with van der Waals surface area (Å²) in [5.74, 6) is 0.149. The second-order valence-corrected chi connectivity index (χ2v) is 5.52. The maximum absolute atomic E-state index is 12.8. The lowest BCUT2D eigenvalue weighted by molar-refractivity contribution is -0.113. The van der Waals surface area contributed by atoms with Crippen LogP contribution in [0.4, 0.5) is 10.1 Å². The molecule has 0 spiro atoms. The van der Waals surface area contributed by atoms with Gasteiger partial charge in [-0.15, -0.1) is 0 Å². The molecule has 0 bridgehead atoms. The number of rotatable bonds is 2. The highest BCUT2D eigenvalue weighted by Gasteiger charge is 2.17. The summed E-state index contributed by atoms with van der Waals surface area (Å²) < 4.78 is 19.3. The fourth-order valence-corrected chi connectivity index (χ4v) is 2.40. The molecular weight excluding hydrogens is 337 g/mol. The van der Waals surface area contributed by atoms with Crippen molar-refractivity contribution >= 4 is 33.6 Å². The third-order valence-electron chi connectivity index (χ3n) is 3.08. The van der Waals surface area contributed by atoms with Crippen LogP contribution < -0.4 is 10.1 Å². The van der Waals surface area contributed by atoms with Gasteiger partial charge in [0, 0.05) is 15.7 Å². The van der Waals surface area contributed by atoms with E-state index in [2.05, 4.69) is 21.2 Å². The summed E-state index contributed by atoms with van der Waals surface area (Å²) >= 11 is 3.39. The van der Waals surface area contributed by atoms with Gasteiger partial charge in [-0.3, -0.25) is 4.79 Å². The van der Waals surface area contributed by atoms with Crippen LogP contribution in [0.3, 0.4) is 0 Å². The third kappa shape index (κ3) is 3.13. The van der Waals surface area contributed by atoms with E-state index in [0.717, 1.165) is 15.8 Å². The topological polar surface area (TPSA) is 38.3 Å². The van der Waals surface area contributed by atoms with Crippen molar-refractivity contribution in [3.05, 3.63) is 63.9 Å². The molecule has 1 aliphatic heterocycles. The van der Waals surface area contributed by atoms with Crippen molar-refractivity contribution in [3.63, 3.8) is 0 Å². The molecule has 106 valence electrons. The number of benzene rings is 2. The second kappa shape index (κ2) is 5.69. The van der Waals surface area contributed by atoms with Gasteiger partial charge in [-0.2, -0.15) is 0 Å². The monoisotopic (exact) mass is 347 g/mol. The summed E-state index contributed by atoms with van der Waals surface area (Å²) in [4.78, 5) is 12.2. The van der Waals surface area contributed by atoms with Gasteiger partial charge in [0.15, 0.2) is 0 Å². The molecule has 2 aromatic rings. The molecular formula is C16H11BrFNO2. The predicted molar refractivity (Wildman–Crippen MR) is 82.6 cm³/mol. The maximum Gasteiger partial charge on any atom is 0.255 e. The number of fused-ring (bicyclic) bond motifs is 1. The van der Waals surface area contributed by atoms with Gasteiger partial charge < -0.3 is 10.1 Å². The van der Waals surface area contributed by atoms with Crippen LogP contribution in [-0.4, -0.2) is 12.5 Å². The van der Waals surface area contributed by atoms with Crippen molar-refractivity contribution in [1.29, 1.82) is 0 Å². The number of anilines is 1. The summed E-state index contributed by atoms with van der Waals surface area (Å²) in [5.41, 5.74) is 1.91. The van der Waals surface area contributed by atoms with Crippen LogP contribution >= 0.6 is 15.9 Å². The first-order valence-electron chi connectivity index (χ1n) is 6.32. The Bertz CT molecular complexity index is 726. The first kappa shape index (κ1) is 13.8. The number of ether oxygens (including phenoxy) is 1. The van der Waals surface area contributed by atoms with Crippen molar-refractivity contribution in [2.45, 2.75) is 0 Å². The minimum Gasteiger partial charge on any atom is -0.488 e. The Morgan fingerprint density at radius 1 is 1.19 bits per heavy atom. The SMILES string of the molecule is O=C(Nc1ccc(F)cc1)C1=Cc2cc(Br)ccc2OC1. The van der Waals surface area contributed by atoms with Crippen LogP contribution in [0.25, 0.3) is 6.08 Å². The standard InChI is InChI=1S/C16H11BrFNO2/c17-12-1-6-15-10(8-12)7-11(9-21-15)16(20)19-14-4-2-13(18)3-5-14/h1-8H,9H2,(H,19,20). The van der Waals surface area contributed by atoms with Gasteiger partial charge in [0.2, 0.25) is 0 Å². The minimum atomic E-state index is -0.341. The van der Waals surface area contributed by atoms with Crippen LogP contribution in [0.15, 0.2) is 52.5 Å². The van der Waals surface area contributed by atoms with Gasteiger partial charge >= 0.3 is 0 Å². The van der Waals surface area contributed by atoms with Crippen molar-refractivity contribution in [2.24, 2.45) is 0 Å². The molecule has 3 nitrogen and oxygen atoms in total. The van der Waals surface area contributed by atoms with Crippen LogP contribution in [0, 0.1) is 5.82 Å². The highest BCUT2D eigenvalue weighted by atomic mass is 79.9. The molecule has 3 rings (SSSR count). The normalized spacial score (nSPS) is 13.0. The van der Waals surface area contributed by atoms with Crippen LogP contribution in [-0.2, 0) is 4.79 Å². The molecule has 0 radical (unpaired) electrons. The van der Waals surface area contributed by atoms with Gasteiger partial charge in [0.1, 0.15) is 18.2 Å². The number of carbonyl (C=O) groups excluding carboxylic acids is 1. The zero-order valence-corrected chi connectivity index (χ0v) is 12.5. The largest absolute Gasteiger partial charge is 0.488 e. The van der Waals surface area contributed by atoms with Crippen molar-refractivity contribution in [3.8, 4) is 5.75 Å². The molecule has 1 heterocycles. The average Bonchev–Trinajstić information content (AvgIpc) is 2.48. The van der Waals surface area contributed by atoms with Crippen LogP contribution in [0.5, 0.6) is 5.75 Å². The molecule has 0 aliphatic carbocycles. The predicted octanol–water partition coefficient (Wildman–Crippen LogP) is 4.00. The molecule has 1 N–H and O–H groups in total. The van der Waals surface area contributed by atoms with E-state index in [1.165, 1.54) is 24.3 Å². The Labute approximate surface area is 129 Å². The van der Waals surface area contributed by atoms with E-state index in [9.17, 15) is 9.18 Å². The van der Waals surface area contributed by atoms with E-state index in [-0.39, 0.29) is 18.3 Å². The molecule has 0 aromatic heterocycles. The Morgan fingerprint density at radius 3 is 2.71 bits per heavy atom. The first-order valence-corrected chi connectivity index (χ1v) is 7.11. The van der Waals surface area contributed by atoms with Crippen molar-refractivity contribution in [2.75, 3.05) is 11.9 Å². The zero-order chi connectivity index (χ0) is 14.8. The molecule has 0 saturated carbocycles. The quantitative estimate of drug-likeness (QED) is 0.891. The van der Waals surface area contributed by atoms with Gasteiger partial charge in [0.25, 0.3) is 5.91 Å². The van der Waals surface area contributed by atoms with Gasteiger partial charge in [0.05, 0.1) is 5.57 Å². The first-order chi connectivity index (χ1) is 10.1. The summed E-state index contributed by atoms with van der Waals surface area (Å²) in [5, 5.41) is 2.72. The lowest BCUT2D eigenvalue weighted by Crippen LogP contribution is -2.21. The van der Waals surface area contributed by atoms with Crippen molar-refractivity contribution < 1.29 is 13.9 Å². The highest BCUT2D eigenvalue weighted by Crippen LogP contribution is 2.29. The van der Waals surface area contributed by atoms with Crippen molar-refractivity contribution in [1.82, 2.24) is 0 Å². The van der Waals surface area contributed by atoms with Gasteiger partial charge in [-0.25, -0.2) is 4.39 Å². The summed E-state index contributed by atoms with van der Waals surface area (Å²) in [6.45, 7) is 0.210. The van der Waals surface area contributed by atoms with E-state index < -0.39 is 0 Å². The number of hydrogen-bond acceptors (Lipinski definition) is 2. The fraction of sp³-hybridized carbons (Fsp3) is 0.0625. The fourth-order valence-electron chi connectivity index (χ4n) is 2.02. The highest BCUT2D eigenvalue weighted by molar-refractivity contribution is 9.10. The van der Waals surface area contributed by atoms with E-state index in [1.54, 1.807) is 6.08 Å². The number of hydrogen-bond donors (Lipinski definition) is 1. The Balaban J connectivity index is 1.81. The number of carbonyl (C=O) groups is 1. The Hall–Kier alpha value is -2.14. The molecule has 2 aromatic carbocycles. The minimum absolute atomic E-state index is 0.210. The van der Waals surface area contributed by atoms with Crippen LogP contribution in [0.1, 0.15) is 5.56 Å². The summed E-state index contributed by atoms with van der Waals surface area (Å²) in [6, 6.07) is 11.3. The van der Waals surface area contributed by atoms with E-state index in [0.29, 0.717) is 11.3 Å². The van der Waals surface area contributed by atoms with E-state index >= 15 is 0 Å². The smallest absolute Gasteiger partial charge is 0.255 e. The van der Waals surface area contributed by atoms with E-state index in [1.807, 2.05) is 18.2 Å². The Morgan fingerprint density at radius 2 is 1.95 bits per heavy atom. The number of amides is 1. The molecule has 0 saturated heterocycles. The lowest BCUT2D eigenvalue weighted by atomic mass is 10.1. The number of nitrogens with one attached hydrogen (secondary N) is 1. The van der Waals surface area contributed by atoms with E-state index in [4.69, 9.17) is 4.74 Å². The molecule has 0 fully saturated rings.